The number of hydrogen-bond acceptors (Lipinski definition) is 9. The molecular formula is C42H30O9. The number of rotatable bonds is 3. The minimum Gasteiger partial charge on any atom is -0.508 e. The Morgan fingerprint density at radius 3 is 1.51 bits per heavy atom. The van der Waals surface area contributed by atoms with E-state index in [1.807, 2.05) is 6.08 Å². The van der Waals surface area contributed by atoms with Crippen LogP contribution in [-0.4, -0.2) is 35.7 Å². The van der Waals surface area contributed by atoms with E-state index in [2.05, 4.69) is 0 Å². The standard InChI is InChI=1S/C42H30O9/c43-23-7-1-20(2-8-23)13-29-30-14-27(47)18-34-37(30)40(42(50-34)22-5-11-25(45)12-6-22)32-16-28(48)19-35-38(32)39(31-15-26(46)17-33(49)36(29)31)41(51-35)21-3-9-24(44)10-4-21/h1-19,39-49H/t39-,40-,41+,42-/m1/s1. The van der Waals surface area contributed by atoms with Crippen LogP contribution in [-0.2, 0) is 0 Å². The second-order valence-electron chi connectivity index (χ2n) is 13.1. The number of benzene rings is 6. The molecule has 0 bridgehead atoms. The maximum Gasteiger partial charge on any atom is 0.135 e. The van der Waals surface area contributed by atoms with Crippen LogP contribution >= 0.6 is 0 Å². The Morgan fingerprint density at radius 2 is 0.922 bits per heavy atom. The molecule has 0 radical (unpaired) electrons. The third-order valence-corrected chi connectivity index (χ3v) is 10.0. The molecule has 51 heavy (non-hydrogen) atoms. The minimum absolute atomic E-state index is 0.0508. The van der Waals surface area contributed by atoms with Gasteiger partial charge in [0.1, 0.15) is 64.0 Å². The highest BCUT2D eigenvalue weighted by molar-refractivity contribution is 5.98. The topological polar surface area (TPSA) is 160 Å². The van der Waals surface area contributed by atoms with Crippen molar-refractivity contribution in [2.24, 2.45) is 0 Å². The predicted octanol–water partition coefficient (Wildman–Crippen LogP) is 8.06. The number of fused-ring (bicyclic) bond motifs is 3. The SMILES string of the molecule is Oc1ccc(C=C2c3cc(O)cc4c3[C@@H](c3cc(O)cc5c3[C@@H](c3cc(O)cc(O)c32)[C@H](c2ccc(O)cc2)O5)[C@@H](c2ccc(O)cc2)O4)cc1. The molecule has 0 spiro atoms. The average molecular weight is 679 g/mol. The van der Waals surface area contributed by atoms with E-state index in [4.69, 9.17) is 9.47 Å². The lowest BCUT2D eigenvalue weighted by Gasteiger charge is -2.26. The molecule has 252 valence electrons. The molecule has 0 aromatic heterocycles. The Morgan fingerprint density at radius 1 is 0.451 bits per heavy atom. The van der Waals surface area contributed by atoms with Crippen molar-refractivity contribution >= 4 is 11.6 Å². The molecule has 9 heteroatoms. The molecule has 9 nitrogen and oxygen atoms in total. The van der Waals surface area contributed by atoms with Crippen LogP contribution in [0, 0.1) is 0 Å². The van der Waals surface area contributed by atoms with Gasteiger partial charge in [-0.3, -0.25) is 0 Å². The summed E-state index contributed by atoms with van der Waals surface area (Å²) in [6.45, 7) is 0. The number of ether oxygens (including phenoxy) is 2. The Kier molecular flexibility index (Phi) is 6.63. The van der Waals surface area contributed by atoms with Crippen molar-refractivity contribution in [2.75, 3.05) is 0 Å². The monoisotopic (exact) mass is 678 g/mol. The van der Waals surface area contributed by atoms with Gasteiger partial charge in [0.25, 0.3) is 0 Å². The highest BCUT2D eigenvalue weighted by atomic mass is 16.5. The number of phenolic OH excluding ortho intramolecular Hbond substituents is 7. The summed E-state index contributed by atoms with van der Waals surface area (Å²) in [5.41, 5.74) is 6.06. The van der Waals surface area contributed by atoms with E-state index in [9.17, 15) is 35.7 Å². The first-order chi connectivity index (χ1) is 24.6. The van der Waals surface area contributed by atoms with Gasteiger partial charge >= 0.3 is 0 Å². The van der Waals surface area contributed by atoms with Gasteiger partial charge in [-0.15, -0.1) is 0 Å². The molecule has 1 aliphatic carbocycles. The van der Waals surface area contributed by atoms with Crippen molar-refractivity contribution in [3.05, 3.63) is 159 Å². The lowest BCUT2D eigenvalue weighted by atomic mass is 9.76. The van der Waals surface area contributed by atoms with Crippen LogP contribution < -0.4 is 9.47 Å². The second kappa shape index (κ2) is 11.1. The largest absolute Gasteiger partial charge is 0.508 e. The highest BCUT2D eigenvalue weighted by Crippen LogP contribution is 2.63. The maximum absolute atomic E-state index is 11.9. The first-order valence-corrected chi connectivity index (χ1v) is 16.3. The first kappa shape index (κ1) is 30.3. The van der Waals surface area contributed by atoms with Gasteiger partial charge in [-0.1, -0.05) is 36.4 Å². The van der Waals surface area contributed by atoms with Gasteiger partial charge in [0.2, 0.25) is 0 Å². The molecule has 6 aromatic carbocycles. The molecule has 0 fully saturated rings. The van der Waals surface area contributed by atoms with Crippen LogP contribution in [0.1, 0.15) is 74.1 Å². The molecule has 0 amide bonds. The average Bonchev–Trinajstić information content (AvgIpc) is 3.67. The summed E-state index contributed by atoms with van der Waals surface area (Å²) < 4.78 is 13.4. The molecule has 6 aromatic rings. The first-order valence-electron chi connectivity index (χ1n) is 16.3. The Labute approximate surface area is 291 Å². The molecule has 0 saturated heterocycles. The van der Waals surface area contributed by atoms with Crippen molar-refractivity contribution < 1.29 is 45.2 Å². The third kappa shape index (κ3) is 4.85. The number of hydrogen-bond donors (Lipinski definition) is 7. The van der Waals surface area contributed by atoms with Crippen molar-refractivity contribution in [1.82, 2.24) is 0 Å². The zero-order valence-corrected chi connectivity index (χ0v) is 26.7. The summed E-state index contributed by atoms with van der Waals surface area (Å²) in [6.07, 6.45) is 0.410. The van der Waals surface area contributed by atoms with E-state index in [-0.39, 0.29) is 40.2 Å². The quantitative estimate of drug-likeness (QED) is 0.0982. The van der Waals surface area contributed by atoms with Gasteiger partial charge in [0.05, 0.1) is 11.8 Å². The van der Waals surface area contributed by atoms with E-state index in [1.54, 1.807) is 97.1 Å². The molecule has 2 heterocycles. The summed E-state index contributed by atoms with van der Waals surface area (Å²) in [5, 5.41) is 75.9. The minimum atomic E-state index is -0.737. The van der Waals surface area contributed by atoms with Gasteiger partial charge < -0.3 is 45.2 Å². The molecule has 9 rings (SSSR count). The predicted molar refractivity (Wildman–Crippen MR) is 188 cm³/mol. The third-order valence-electron chi connectivity index (χ3n) is 10.0. The van der Waals surface area contributed by atoms with Crippen molar-refractivity contribution in [3.63, 3.8) is 0 Å². The van der Waals surface area contributed by atoms with E-state index in [0.717, 1.165) is 5.56 Å². The Balaban J connectivity index is 1.44. The lowest BCUT2D eigenvalue weighted by Crippen LogP contribution is -2.16. The zero-order chi connectivity index (χ0) is 35.1. The summed E-state index contributed by atoms with van der Waals surface area (Å²) in [5.74, 6) is -0.833. The summed E-state index contributed by atoms with van der Waals surface area (Å²) in [7, 11) is 0. The summed E-state index contributed by atoms with van der Waals surface area (Å²) in [6, 6.07) is 29.1. The maximum atomic E-state index is 11.9. The summed E-state index contributed by atoms with van der Waals surface area (Å²) >= 11 is 0. The van der Waals surface area contributed by atoms with E-state index in [1.165, 1.54) is 12.1 Å². The summed E-state index contributed by atoms with van der Waals surface area (Å²) in [4.78, 5) is 0. The molecule has 4 atom stereocenters. The van der Waals surface area contributed by atoms with Crippen molar-refractivity contribution in [2.45, 2.75) is 24.0 Å². The van der Waals surface area contributed by atoms with Gasteiger partial charge in [0.15, 0.2) is 0 Å². The molecular weight excluding hydrogens is 648 g/mol. The number of phenols is 7. The highest BCUT2D eigenvalue weighted by Gasteiger charge is 2.48. The molecule has 7 N–H and O–H groups in total. The van der Waals surface area contributed by atoms with Crippen LogP contribution in [0.4, 0.5) is 0 Å². The van der Waals surface area contributed by atoms with E-state index in [0.29, 0.717) is 61.6 Å². The zero-order valence-electron chi connectivity index (χ0n) is 26.7. The molecule has 0 saturated carbocycles. The van der Waals surface area contributed by atoms with Crippen molar-refractivity contribution in [3.8, 4) is 51.7 Å². The molecule has 2 aliphatic heterocycles. The lowest BCUT2D eigenvalue weighted by molar-refractivity contribution is 0.219. The van der Waals surface area contributed by atoms with E-state index >= 15 is 0 Å². The van der Waals surface area contributed by atoms with Crippen LogP contribution in [0.3, 0.4) is 0 Å². The van der Waals surface area contributed by atoms with Crippen LogP contribution in [0.15, 0.2) is 109 Å². The normalized spacial score (nSPS) is 20.3. The van der Waals surface area contributed by atoms with Gasteiger partial charge in [0, 0.05) is 34.9 Å². The Hall–Kier alpha value is -6.74. The van der Waals surface area contributed by atoms with Gasteiger partial charge in [-0.25, -0.2) is 0 Å². The fourth-order valence-corrected chi connectivity index (χ4v) is 7.97. The van der Waals surface area contributed by atoms with Crippen LogP contribution in [0.2, 0.25) is 0 Å². The molecule has 0 unspecified atom stereocenters. The Bertz CT molecular complexity index is 2400. The fourth-order valence-electron chi connectivity index (χ4n) is 7.97. The fraction of sp³-hybridized carbons (Fsp3) is 0.0952. The van der Waals surface area contributed by atoms with Gasteiger partial charge in [-0.2, -0.15) is 0 Å². The number of aromatic hydroxyl groups is 7. The van der Waals surface area contributed by atoms with Crippen LogP contribution in [0.5, 0.6) is 51.7 Å². The van der Waals surface area contributed by atoms with E-state index < -0.39 is 24.0 Å². The molecule has 3 aliphatic rings. The second-order valence-corrected chi connectivity index (χ2v) is 13.1. The van der Waals surface area contributed by atoms with Gasteiger partial charge in [-0.05, 0) is 99.6 Å². The smallest absolute Gasteiger partial charge is 0.135 e. The van der Waals surface area contributed by atoms with Crippen LogP contribution in [0.25, 0.3) is 11.6 Å². The van der Waals surface area contributed by atoms with Crippen molar-refractivity contribution in [1.29, 1.82) is 0 Å².